The van der Waals surface area contributed by atoms with Gasteiger partial charge in [-0.3, -0.25) is 4.79 Å². The number of benzene rings is 1. The average molecular weight is 334 g/mol. The minimum atomic E-state index is -0.384. The van der Waals surface area contributed by atoms with Crippen LogP contribution in [-0.4, -0.2) is 36.1 Å². The Hall–Kier alpha value is -1.99. The van der Waals surface area contributed by atoms with Crippen molar-refractivity contribution in [1.29, 1.82) is 0 Å². The highest BCUT2D eigenvalue weighted by Crippen LogP contribution is 2.23. The van der Waals surface area contributed by atoms with Crippen LogP contribution in [0.3, 0.4) is 0 Å². The summed E-state index contributed by atoms with van der Waals surface area (Å²) in [5.74, 6) is -0.708. The zero-order valence-corrected chi connectivity index (χ0v) is 13.9. The first kappa shape index (κ1) is 15.9. The summed E-state index contributed by atoms with van der Waals surface area (Å²) in [4.78, 5) is 18.9. The number of aromatic nitrogens is 1. The molecule has 1 saturated heterocycles. The predicted octanol–water partition coefficient (Wildman–Crippen LogP) is 2.72. The van der Waals surface area contributed by atoms with Crippen molar-refractivity contribution in [3.63, 3.8) is 0 Å². The lowest BCUT2D eigenvalue weighted by atomic mass is 10.2. The van der Waals surface area contributed by atoms with Crippen molar-refractivity contribution in [3.05, 3.63) is 41.2 Å². The standard InChI is InChI=1S/C16H19FN4OS/c1-10-7-21(8-11(2)18-10)16-20-14(9-23-16)15(22)19-13-5-3-4-12(17)6-13/h3-6,9-11,18H,7-8H2,1-2H3,(H,19,22)/t10-,11+. The Balaban J connectivity index is 1.70. The topological polar surface area (TPSA) is 57.3 Å². The summed E-state index contributed by atoms with van der Waals surface area (Å²) in [5.41, 5.74) is 0.780. The zero-order valence-electron chi connectivity index (χ0n) is 13.0. The second-order valence-electron chi connectivity index (χ2n) is 5.85. The van der Waals surface area contributed by atoms with Crippen molar-refractivity contribution in [2.24, 2.45) is 0 Å². The van der Waals surface area contributed by atoms with E-state index in [9.17, 15) is 9.18 Å². The second-order valence-corrected chi connectivity index (χ2v) is 6.69. The molecule has 5 nitrogen and oxygen atoms in total. The molecule has 0 aliphatic carbocycles. The average Bonchev–Trinajstić information content (AvgIpc) is 2.96. The number of piperazine rings is 1. The molecule has 1 aromatic heterocycles. The fourth-order valence-corrected chi connectivity index (χ4v) is 3.58. The molecule has 23 heavy (non-hydrogen) atoms. The number of hydrogen-bond acceptors (Lipinski definition) is 5. The Morgan fingerprint density at radius 1 is 1.39 bits per heavy atom. The number of carbonyl (C=O) groups is 1. The summed E-state index contributed by atoms with van der Waals surface area (Å²) in [6, 6.07) is 6.59. The highest BCUT2D eigenvalue weighted by atomic mass is 32.1. The Bertz CT molecular complexity index is 695. The number of carbonyl (C=O) groups excluding carboxylic acids is 1. The number of anilines is 2. The molecule has 1 fully saturated rings. The van der Waals surface area contributed by atoms with Crippen molar-refractivity contribution in [1.82, 2.24) is 10.3 Å². The monoisotopic (exact) mass is 334 g/mol. The van der Waals surface area contributed by atoms with Crippen molar-refractivity contribution in [2.75, 3.05) is 23.3 Å². The molecule has 0 unspecified atom stereocenters. The van der Waals surface area contributed by atoms with Crippen LogP contribution in [0.25, 0.3) is 0 Å². The molecule has 1 amide bonds. The Morgan fingerprint density at radius 3 is 2.83 bits per heavy atom. The third-order valence-electron chi connectivity index (χ3n) is 3.64. The largest absolute Gasteiger partial charge is 0.345 e. The fourth-order valence-electron chi connectivity index (χ4n) is 2.76. The summed E-state index contributed by atoms with van der Waals surface area (Å²) in [6.07, 6.45) is 0. The lowest BCUT2D eigenvalue weighted by molar-refractivity contribution is 0.102. The fraction of sp³-hybridized carbons (Fsp3) is 0.375. The quantitative estimate of drug-likeness (QED) is 0.906. The van der Waals surface area contributed by atoms with Crippen LogP contribution in [0.5, 0.6) is 0 Å². The first-order valence-electron chi connectivity index (χ1n) is 7.54. The van der Waals surface area contributed by atoms with Gasteiger partial charge >= 0.3 is 0 Å². The lowest BCUT2D eigenvalue weighted by Crippen LogP contribution is -2.54. The highest BCUT2D eigenvalue weighted by Gasteiger charge is 2.24. The molecule has 0 spiro atoms. The van der Waals surface area contributed by atoms with Gasteiger partial charge in [0.15, 0.2) is 5.13 Å². The number of halogens is 1. The van der Waals surface area contributed by atoms with Gasteiger partial charge in [0.25, 0.3) is 5.91 Å². The zero-order chi connectivity index (χ0) is 16.4. The Morgan fingerprint density at radius 2 is 2.13 bits per heavy atom. The van der Waals surface area contributed by atoms with E-state index < -0.39 is 0 Å². The van der Waals surface area contributed by atoms with Gasteiger partial charge in [0, 0.05) is 36.2 Å². The van der Waals surface area contributed by atoms with Crippen LogP contribution in [0.1, 0.15) is 24.3 Å². The number of thiazole rings is 1. The van der Waals surface area contributed by atoms with E-state index in [1.54, 1.807) is 17.5 Å². The Kier molecular flexibility index (Phi) is 4.58. The maximum atomic E-state index is 13.2. The number of amides is 1. The summed E-state index contributed by atoms with van der Waals surface area (Å²) in [6.45, 7) is 5.99. The van der Waals surface area contributed by atoms with Crippen molar-refractivity contribution < 1.29 is 9.18 Å². The normalized spacial score (nSPS) is 21.3. The van der Waals surface area contributed by atoms with Gasteiger partial charge in [0.05, 0.1) is 0 Å². The molecule has 1 aliphatic rings. The van der Waals surface area contributed by atoms with Crippen molar-refractivity contribution >= 4 is 28.1 Å². The van der Waals surface area contributed by atoms with Gasteiger partial charge in [0.2, 0.25) is 0 Å². The third kappa shape index (κ3) is 3.86. The molecule has 3 rings (SSSR count). The SMILES string of the molecule is C[C@@H]1CN(c2nc(C(=O)Nc3cccc(F)c3)cs2)C[C@H](C)N1. The highest BCUT2D eigenvalue weighted by molar-refractivity contribution is 7.14. The summed E-state index contributed by atoms with van der Waals surface area (Å²) < 4.78 is 13.2. The summed E-state index contributed by atoms with van der Waals surface area (Å²) in [7, 11) is 0. The molecule has 7 heteroatoms. The number of nitrogens with zero attached hydrogens (tertiary/aromatic N) is 2. The number of hydrogen-bond donors (Lipinski definition) is 2. The summed E-state index contributed by atoms with van der Waals surface area (Å²) >= 11 is 1.45. The van der Waals surface area contributed by atoms with Crippen molar-refractivity contribution in [2.45, 2.75) is 25.9 Å². The van der Waals surface area contributed by atoms with Crippen molar-refractivity contribution in [3.8, 4) is 0 Å². The van der Waals surface area contributed by atoms with Gasteiger partial charge in [0.1, 0.15) is 11.5 Å². The first-order valence-corrected chi connectivity index (χ1v) is 8.42. The van der Waals surface area contributed by atoms with Crippen LogP contribution in [0, 0.1) is 5.82 Å². The minimum absolute atomic E-state index is 0.325. The molecular weight excluding hydrogens is 315 g/mol. The molecule has 2 heterocycles. The van der Waals surface area contributed by atoms with Gasteiger partial charge in [-0.2, -0.15) is 0 Å². The molecule has 0 radical (unpaired) electrons. The molecule has 1 aliphatic heterocycles. The van der Waals surface area contributed by atoms with Crippen LogP contribution >= 0.6 is 11.3 Å². The van der Waals surface area contributed by atoms with E-state index in [1.165, 1.54) is 23.5 Å². The van der Waals surface area contributed by atoms with Crippen LogP contribution in [0.15, 0.2) is 29.6 Å². The van der Waals surface area contributed by atoms with Gasteiger partial charge in [-0.1, -0.05) is 6.07 Å². The van der Waals surface area contributed by atoms with Gasteiger partial charge in [-0.25, -0.2) is 9.37 Å². The Labute approximate surface area is 138 Å². The lowest BCUT2D eigenvalue weighted by Gasteiger charge is -2.35. The van der Waals surface area contributed by atoms with E-state index in [0.717, 1.165) is 18.2 Å². The molecule has 2 aromatic rings. The molecule has 0 bridgehead atoms. The molecule has 122 valence electrons. The molecule has 0 saturated carbocycles. The van der Waals surface area contributed by atoms with Crippen LogP contribution in [-0.2, 0) is 0 Å². The second kappa shape index (κ2) is 6.64. The van der Waals surface area contributed by atoms with Gasteiger partial charge in [-0.05, 0) is 32.0 Å². The maximum Gasteiger partial charge on any atom is 0.275 e. The van der Waals surface area contributed by atoms with Gasteiger partial charge in [-0.15, -0.1) is 11.3 Å². The van der Waals surface area contributed by atoms with Crippen LogP contribution < -0.4 is 15.5 Å². The molecular formula is C16H19FN4OS. The summed E-state index contributed by atoms with van der Waals surface area (Å²) in [5, 5.41) is 8.71. The number of nitrogens with one attached hydrogen (secondary N) is 2. The van der Waals surface area contributed by atoms with E-state index in [-0.39, 0.29) is 11.7 Å². The predicted molar refractivity (Wildman–Crippen MR) is 90.7 cm³/mol. The van der Waals surface area contributed by atoms with Crippen LogP contribution in [0.2, 0.25) is 0 Å². The van der Waals surface area contributed by atoms with E-state index in [4.69, 9.17) is 0 Å². The smallest absolute Gasteiger partial charge is 0.275 e. The van der Waals surface area contributed by atoms with Gasteiger partial charge < -0.3 is 15.5 Å². The van der Waals surface area contributed by atoms with E-state index in [0.29, 0.717) is 23.5 Å². The third-order valence-corrected chi connectivity index (χ3v) is 4.54. The van der Waals surface area contributed by atoms with Crippen LogP contribution in [0.4, 0.5) is 15.2 Å². The van der Waals surface area contributed by atoms with E-state index in [2.05, 4.69) is 34.4 Å². The van der Waals surface area contributed by atoms with E-state index >= 15 is 0 Å². The molecule has 2 atom stereocenters. The molecule has 2 N–H and O–H groups in total. The maximum absolute atomic E-state index is 13.2. The van der Waals surface area contributed by atoms with E-state index in [1.807, 2.05) is 0 Å². The first-order chi connectivity index (χ1) is 11.0. The molecule has 1 aromatic carbocycles. The number of rotatable bonds is 3. The minimum Gasteiger partial charge on any atom is -0.345 e.